The maximum Gasteiger partial charge on any atom is 0.435 e. The van der Waals surface area contributed by atoms with Gasteiger partial charge < -0.3 is 10.00 Å². The van der Waals surface area contributed by atoms with Crippen molar-refractivity contribution in [3.8, 4) is 0 Å². The molecule has 4 aliphatic rings. The molecule has 5 unspecified atom stereocenters. The van der Waals surface area contributed by atoms with Gasteiger partial charge in [0, 0.05) is 0 Å². The zero-order valence-corrected chi connectivity index (χ0v) is 22.9. The summed E-state index contributed by atoms with van der Waals surface area (Å²) in [5.74, 6) is 4.67. The number of fused-ring (bicyclic) bond motifs is 5. The third kappa shape index (κ3) is 4.71. The summed E-state index contributed by atoms with van der Waals surface area (Å²) in [7, 11) is -4.60. The van der Waals surface area contributed by atoms with Gasteiger partial charge in [0.15, 0.2) is 0 Å². The van der Waals surface area contributed by atoms with Gasteiger partial charge in [-0.05, 0) is 97.7 Å². The molecule has 3 saturated carbocycles. The van der Waals surface area contributed by atoms with Crippen LogP contribution in [0.5, 0.6) is 0 Å². The van der Waals surface area contributed by atoms with Crippen LogP contribution < -0.4 is 0 Å². The van der Waals surface area contributed by atoms with Crippen LogP contribution in [0.3, 0.4) is 0 Å². The number of allylic oxidation sites excluding steroid dienone is 1. The Morgan fingerprint density at radius 1 is 1.12 bits per heavy atom. The maximum absolute atomic E-state index is 11.9. The van der Waals surface area contributed by atoms with E-state index in [1.54, 1.807) is 0 Å². The van der Waals surface area contributed by atoms with Crippen LogP contribution in [0, 0.1) is 46.3 Å². The fraction of sp³-hybridized carbons (Fsp3) is 0.893. The summed E-state index contributed by atoms with van der Waals surface area (Å²) in [6, 6.07) is 0. The van der Waals surface area contributed by atoms with Crippen LogP contribution in [-0.2, 0) is 9.09 Å². The Hall–Kier alpha value is -0.640. The minimum absolute atomic E-state index is 0.119. The van der Waals surface area contributed by atoms with E-state index in [4.69, 9.17) is 9.63 Å². The molecule has 9 atom stereocenters. The quantitative estimate of drug-likeness (QED) is 0.262. The first-order valence-electron chi connectivity index (χ1n) is 13.8. The minimum Gasteiger partial charge on any atom is -0.472 e. The molecule has 0 amide bonds. The van der Waals surface area contributed by atoms with Crippen LogP contribution in [0.2, 0.25) is 0 Å². The molecule has 2 N–H and O–H groups in total. The van der Waals surface area contributed by atoms with E-state index in [9.17, 15) is 14.3 Å². The Kier molecular flexibility index (Phi) is 7.52. The highest BCUT2D eigenvalue weighted by Gasteiger charge is 2.59. The lowest BCUT2D eigenvalue weighted by Crippen LogP contribution is -2.51. The zero-order chi connectivity index (χ0) is 24.9. The summed E-state index contributed by atoms with van der Waals surface area (Å²) in [4.78, 5) is 20.8. The van der Waals surface area contributed by atoms with Crippen molar-refractivity contribution in [1.82, 2.24) is 0 Å². The van der Waals surface area contributed by atoms with Crippen molar-refractivity contribution in [3.05, 3.63) is 11.6 Å². The molecule has 194 valence electrons. The zero-order valence-electron chi connectivity index (χ0n) is 22.0. The molecule has 0 radical (unpaired) electrons. The van der Waals surface area contributed by atoms with Gasteiger partial charge in [0.05, 0.1) is 6.10 Å². The number of carbonyl (C=O) groups is 1. The first-order valence-corrected chi connectivity index (χ1v) is 15.4. The van der Waals surface area contributed by atoms with Gasteiger partial charge in [-0.15, -0.1) is 0 Å². The molecule has 6 heteroatoms. The van der Waals surface area contributed by atoms with Crippen molar-refractivity contribution in [2.45, 2.75) is 111 Å². The second-order valence-electron chi connectivity index (χ2n) is 13.1. The average molecular weight is 495 g/mol. The van der Waals surface area contributed by atoms with Gasteiger partial charge in [-0.2, -0.15) is 0 Å². The summed E-state index contributed by atoms with van der Waals surface area (Å²) in [5.41, 5.74) is 0.175. The number of rotatable bonds is 8. The summed E-state index contributed by atoms with van der Waals surface area (Å²) in [6.45, 7) is 12.2. The molecule has 0 bridgehead atoms. The highest BCUT2D eigenvalue weighted by atomic mass is 31.2. The molecule has 4 rings (SSSR count). The first kappa shape index (κ1) is 26.4. The Morgan fingerprint density at radius 3 is 2.53 bits per heavy atom. The molecule has 3 fully saturated rings. The molecule has 0 aromatic carbocycles. The predicted molar refractivity (Wildman–Crippen MR) is 136 cm³/mol. The lowest BCUT2D eigenvalue weighted by atomic mass is 9.47. The lowest BCUT2D eigenvalue weighted by molar-refractivity contribution is -0.0562. The van der Waals surface area contributed by atoms with Gasteiger partial charge in [-0.1, -0.05) is 65.5 Å². The second kappa shape index (κ2) is 9.67. The van der Waals surface area contributed by atoms with Crippen LogP contribution >= 0.6 is 7.60 Å². The largest absolute Gasteiger partial charge is 0.472 e. The summed E-state index contributed by atoms with van der Waals surface area (Å²) >= 11 is 0. The van der Waals surface area contributed by atoms with Gasteiger partial charge in [0.25, 0.3) is 0 Å². The maximum atomic E-state index is 11.9. The highest BCUT2D eigenvalue weighted by molar-refractivity contribution is 7.70. The van der Waals surface area contributed by atoms with Crippen LogP contribution in [0.25, 0.3) is 0 Å². The van der Waals surface area contributed by atoms with Crippen LogP contribution in [0.4, 0.5) is 4.79 Å². The first-order chi connectivity index (χ1) is 15.9. The molecule has 0 aliphatic heterocycles. The summed E-state index contributed by atoms with van der Waals surface area (Å²) in [6.07, 6.45) is 14.6. The van der Waals surface area contributed by atoms with Crippen molar-refractivity contribution < 1.29 is 23.9 Å². The smallest absolute Gasteiger partial charge is 0.435 e. The van der Waals surface area contributed by atoms with E-state index in [0.29, 0.717) is 24.2 Å². The van der Waals surface area contributed by atoms with Gasteiger partial charge in [-0.25, -0.2) is 9.36 Å². The molecule has 4 aliphatic carbocycles. The molecule has 0 aromatic rings. The molecule has 0 saturated heterocycles. The van der Waals surface area contributed by atoms with Crippen molar-refractivity contribution in [2.75, 3.05) is 0 Å². The number of carboxylic acid groups (broad SMARTS) is 1. The summed E-state index contributed by atoms with van der Waals surface area (Å²) < 4.78 is 17.1. The van der Waals surface area contributed by atoms with E-state index in [2.05, 4.69) is 40.7 Å². The molecule has 34 heavy (non-hydrogen) atoms. The van der Waals surface area contributed by atoms with E-state index >= 15 is 0 Å². The predicted octanol–water partition coefficient (Wildman–Crippen LogP) is 8.28. The fourth-order valence-corrected chi connectivity index (χ4v) is 9.66. The second-order valence-corrected chi connectivity index (χ2v) is 14.7. The Morgan fingerprint density at radius 2 is 1.85 bits per heavy atom. The van der Waals surface area contributed by atoms with Gasteiger partial charge in [0.1, 0.15) is 0 Å². The van der Waals surface area contributed by atoms with Crippen molar-refractivity contribution in [2.24, 2.45) is 46.3 Å². The van der Waals surface area contributed by atoms with Crippen molar-refractivity contribution in [3.63, 3.8) is 0 Å². The van der Waals surface area contributed by atoms with E-state index in [0.717, 1.165) is 42.4 Å². The normalized spacial score (nSPS) is 42.2. The fourth-order valence-electron chi connectivity index (χ4n) is 8.99. The molecule has 0 heterocycles. The summed E-state index contributed by atoms with van der Waals surface area (Å²) in [5, 5.41) is 9.00. The molecule has 0 spiro atoms. The molecular formula is C28H47O5P. The van der Waals surface area contributed by atoms with Crippen LogP contribution in [0.15, 0.2) is 11.6 Å². The lowest BCUT2D eigenvalue weighted by Gasteiger charge is -2.58. The Bertz CT molecular complexity index is 852. The van der Waals surface area contributed by atoms with E-state index in [-0.39, 0.29) is 5.41 Å². The van der Waals surface area contributed by atoms with Crippen LogP contribution in [0.1, 0.15) is 105 Å². The molecular weight excluding hydrogens is 447 g/mol. The monoisotopic (exact) mass is 494 g/mol. The number of hydrogen-bond acceptors (Lipinski definition) is 3. The van der Waals surface area contributed by atoms with E-state index < -0.39 is 19.4 Å². The minimum atomic E-state index is -4.60. The average Bonchev–Trinajstić information content (AvgIpc) is 3.10. The Labute approximate surface area is 206 Å². The Balaban J connectivity index is 1.46. The molecule has 0 aromatic heterocycles. The van der Waals surface area contributed by atoms with Crippen molar-refractivity contribution >= 4 is 13.3 Å². The van der Waals surface area contributed by atoms with Crippen molar-refractivity contribution in [1.29, 1.82) is 0 Å². The van der Waals surface area contributed by atoms with Gasteiger partial charge in [-0.3, -0.25) is 4.52 Å². The topological polar surface area (TPSA) is 83.8 Å². The highest BCUT2D eigenvalue weighted by Crippen LogP contribution is 2.67. The standard InChI is InChI=1S/C28H47O5P/c1-18(2)7-6-8-19(3)23-11-12-24-22-10-9-20-17-21(33-34(31,32)26(29)30)13-15-27(20,4)25(22)14-16-28(23,24)5/h9,18-19,21-25H,6-8,10-17H2,1-5H3,(H,29,30)(H,31,32)/t19-,21?,22?,23-,24?,25?,27+,28-/m1/s1. The van der Waals surface area contributed by atoms with Crippen LogP contribution in [-0.4, -0.2) is 21.8 Å². The third-order valence-electron chi connectivity index (χ3n) is 10.8. The molecule has 5 nitrogen and oxygen atoms in total. The van der Waals surface area contributed by atoms with Gasteiger partial charge >= 0.3 is 13.3 Å². The van der Waals surface area contributed by atoms with E-state index in [1.807, 2.05) is 0 Å². The van der Waals surface area contributed by atoms with E-state index in [1.165, 1.54) is 50.5 Å². The number of hydrogen-bond donors (Lipinski definition) is 2. The third-order valence-corrected chi connectivity index (χ3v) is 11.9. The van der Waals surface area contributed by atoms with Gasteiger partial charge in [0.2, 0.25) is 0 Å². The SMILES string of the molecule is CC(C)CCC[C@@H](C)[C@H]1CCC2C3CC=C4CC(OP(=O)(O)C(=O)O)CC[C@]4(C)C3CC[C@@]21C.